The molecule has 1 aliphatic rings. The molecule has 27 heavy (non-hydrogen) atoms. The molecule has 0 spiro atoms. The molecule has 0 aromatic heterocycles. The molecule has 3 rings (SSSR count). The van der Waals surface area contributed by atoms with Gasteiger partial charge in [-0.15, -0.1) is 0 Å². The lowest BCUT2D eigenvalue weighted by Gasteiger charge is -2.38. The molecule has 2 aromatic rings. The monoisotopic (exact) mass is 390 g/mol. The molecule has 6 heteroatoms. The van der Waals surface area contributed by atoms with E-state index in [-0.39, 0.29) is 30.5 Å². The fourth-order valence-corrected chi connectivity index (χ4v) is 3.14. The van der Waals surface area contributed by atoms with Crippen molar-refractivity contribution in [3.8, 4) is 5.75 Å². The predicted octanol–water partition coefficient (Wildman–Crippen LogP) is 3.91. The molecule has 143 valence electrons. The molecule has 0 saturated carbocycles. The van der Waals surface area contributed by atoms with Crippen LogP contribution in [0.3, 0.4) is 0 Å². The molecular weight excluding hydrogens is 369 g/mol. The molecule has 0 bridgehead atoms. The molecule has 1 amide bonds. The maximum atomic E-state index is 13.0. The molecule has 1 unspecified atom stereocenters. The number of carbonyl (C=O) groups is 1. The summed E-state index contributed by atoms with van der Waals surface area (Å²) in [6.07, 6.45) is 1.50. The van der Waals surface area contributed by atoms with E-state index in [2.05, 4.69) is 6.07 Å². The molecule has 1 aliphatic heterocycles. The first-order valence-electron chi connectivity index (χ1n) is 8.97. The zero-order valence-electron chi connectivity index (χ0n) is 15.2. The standard InChI is InChI=1S/C21H22ClFNO3/c1-15-13-26-20(9-4-16-2-7-18(23)8-3-16)12-24(15)21(25)14-27-19-10-5-17(22)6-11-19/h2-3,5-8,10,15,20H,4,9,12-14H2,1H3/t15?,20-/m0/s1. The Labute approximate surface area is 163 Å². The van der Waals surface area contributed by atoms with Gasteiger partial charge >= 0.3 is 0 Å². The molecule has 0 N–H and O–H groups in total. The van der Waals surface area contributed by atoms with Gasteiger partial charge in [-0.05, 0) is 55.7 Å². The highest BCUT2D eigenvalue weighted by molar-refractivity contribution is 6.30. The van der Waals surface area contributed by atoms with Crippen LogP contribution in [-0.2, 0) is 16.0 Å². The Bertz CT molecular complexity index is 751. The topological polar surface area (TPSA) is 38.8 Å². The number of amides is 1. The van der Waals surface area contributed by atoms with Gasteiger partial charge in [-0.1, -0.05) is 23.7 Å². The number of carbonyl (C=O) groups excluding carboxylic acids is 1. The quantitative estimate of drug-likeness (QED) is 0.750. The summed E-state index contributed by atoms with van der Waals surface area (Å²) in [4.78, 5) is 14.4. The van der Waals surface area contributed by atoms with E-state index in [4.69, 9.17) is 21.1 Å². The van der Waals surface area contributed by atoms with Crippen LogP contribution in [0.4, 0.5) is 4.39 Å². The molecule has 4 nitrogen and oxygen atoms in total. The van der Waals surface area contributed by atoms with E-state index >= 15 is 0 Å². The van der Waals surface area contributed by atoms with Gasteiger partial charge in [-0.2, -0.15) is 0 Å². The Morgan fingerprint density at radius 1 is 1.33 bits per heavy atom. The van der Waals surface area contributed by atoms with Crippen LogP contribution < -0.4 is 4.74 Å². The Balaban J connectivity index is 1.50. The second-order valence-electron chi connectivity index (χ2n) is 6.68. The van der Waals surface area contributed by atoms with Crippen LogP contribution in [0.5, 0.6) is 5.75 Å². The fourth-order valence-electron chi connectivity index (χ4n) is 3.02. The Hall–Kier alpha value is -2.11. The lowest BCUT2D eigenvalue weighted by molar-refractivity contribution is -0.146. The van der Waals surface area contributed by atoms with Crippen molar-refractivity contribution < 1.29 is 18.7 Å². The van der Waals surface area contributed by atoms with E-state index in [1.807, 2.05) is 6.92 Å². The van der Waals surface area contributed by atoms with Gasteiger partial charge in [0.05, 0.1) is 18.8 Å². The Morgan fingerprint density at radius 2 is 2.11 bits per heavy atom. The van der Waals surface area contributed by atoms with E-state index in [9.17, 15) is 9.18 Å². The molecular formula is C21H22ClFNO3. The highest BCUT2D eigenvalue weighted by atomic mass is 35.5. The number of aryl methyl sites for hydroxylation is 1. The number of benzene rings is 2. The molecule has 2 aromatic carbocycles. The van der Waals surface area contributed by atoms with Gasteiger partial charge in [0.1, 0.15) is 11.6 Å². The number of ether oxygens (including phenoxy) is 2. The summed E-state index contributed by atoms with van der Waals surface area (Å²) in [6, 6.07) is 14.3. The van der Waals surface area contributed by atoms with E-state index in [1.165, 1.54) is 12.1 Å². The third-order valence-corrected chi connectivity index (χ3v) is 4.83. The van der Waals surface area contributed by atoms with Crippen molar-refractivity contribution in [1.82, 2.24) is 4.90 Å². The minimum absolute atomic E-state index is 0.00244. The highest BCUT2D eigenvalue weighted by Gasteiger charge is 2.29. The maximum absolute atomic E-state index is 13.0. The maximum Gasteiger partial charge on any atom is 0.260 e. The van der Waals surface area contributed by atoms with Gasteiger partial charge in [0.25, 0.3) is 5.91 Å². The first-order chi connectivity index (χ1) is 13.0. The van der Waals surface area contributed by atoms with Gasteiger partial charge in [-0.25, -0.2) is 4.39 Å². The predicted molar refractivity (Wildman–Crippen MR) is 101 cm³/mol. The summed E-state index contributed by atoms with van der Waals surface area (Å²) in [7, 11) is 0. The molecule has 2 atom stereocenters. The largest absolute Gasteiger partial charge is 0.483 e. The van der Waals surface area contributed by atoms with Crippen LogP contribution in [0.15, 0.2) is 42.5 Å². The molecule has 1 fully saturated rings. The number of rotatable bonds is 6. The van der Waals surface area contributed by atoms with Gasteiger partial charge in [-0.3, -0.25) is 4.79 Å². The number of halogens is 2. The van der Waals surface area contributed by atoms with Crippen LogP contribution in [-0.4, -0.2) is 42.7 Å². The van der Waals surface area contributed by atoms with Crippen LogP contribution in [0, 0.1) is 11.9 Å². The lowest BCUT2D eigenvalue weighted by Crippen LogP contribution is -2.52. The van der Waals surface area contributed by atoms with Crippen LogP contribution in [0.1, 0.15) is 18.9 Å². The summed E-state index contributed by atoms with van der Waals surface area (Å²) in [5.41, 5.74) is 1.05. The van der Waals surface area contributed by atoms with Gasteiger partial charge in [0.15, 0.2) is 6.61 Å². The Morgan fingerprint density at radius 3 is 2.81 bits per heavy atom. The van der Waals surface area contributed by atoms with Gasteiger partial charge in [0, 0.05) is 17.6 Å². The zero-order chi connectivity index (χ0) is 19.2. The van der Waals surface area contributed by atoms with Crippen LogP contribution >= 0.6 is 11.6 Å². The summed E-state index contributed by atoms with van der Waals surface area (Å²) >= 11 is 5.82. The number of hydrogen-bond donors (Lipinski definition) is 0. The van der Waals surface area contributed by atoms with Crippen molar-refractivity contribution >= 4 is 17.5 Å². The van der Waals surface area contributed by atoms with E-state index in [0.717, 1.165) is 18.4 Å². The number of morpholine rings is 1. The normalized spacial score (nSPS) is 19.7. The van der Waals surface area contributed by atoms with E-state index < -0.39 is 0 Å². The van der Waals surface area contributed by atoms with Crippen molar-refractivity contribution in [2.24, 2.45) is 0 Å². The summed E-state index contributed by atoms with van der Waals surface area (Å²) in [5, 5.41) is 0.569. The van der Waals surface area contributed by atoms with Crippen LogP contribution in [0.25, 0.3) is 0 Å². The molecule has 1 radical (unpaired) electrons. The molecule has 1 heterocycles. The first-order valence-corrected chi connectivity index (χ1v) is 9.34. The summed E-state index contributed by atoms with van der Waals surface area (Å²) in [5.74, 6) is 0.165. The third kappa shape index (κ3) is 5.68. The third-order valence-electron chi connectivity index (χ3n) is 4.59. The van der Waals surface area contributed by atoms with Crippen molar-refractivity contribution in [2.45, 2.75) is 31.9 Å². The van der Waals surface area contributed by atoms with E-state index in [0.29, 0.717) is 23.9 Å². The van der Waals surface area contributed by atoms with Crippen molar-refractivity contribution in [3.05, 3.63) is 64.9 Å². The number of hydrogen-bond acceptors (Lipinski definition) is 3. The van der Waals surface area contributed by atoms with Crippen molar-refractivity contribution in [1.29, 1.82) is 0 Å². The Kier molecular flexibility index (Phi) is 6.69. The lowest BCUT2D eigenvalue weighted by atomic mass is 10.0. The molecule has 1 saturated heterocycles. The second-order valence-corrected chi connectivity index (χ2v) is 7.11. The fraction of sp³-hybridized carbons (Fsp3) is 0.381. The highest BCUT2D eigenvalue weighted by Crippen LogP contribution is 2.18. The molecule has 0 aliphatic carbocycles. The van der Waals surface area contributed by atoms with Crippen molar-refractivity contribution in [2.75, 3.05) is 19.8 Å². The van der Waals surface area contributed by atoms with E-state index in [1.54, 1.807) is 35.2 Å². The van der Waals surface area contributed by atoms with Crippen LogP contribution in [0.2, 0.25) is 5.02 Å². The average Bonchev–Trinajstić information content (AvgIpc) is 2.68. The number of nitrogens with zero attached hydrogens (tertiary/aromatic N) is 1. The minimum Gasteiger partial charge on any atom is -0.483 e. The zero-order valence-corrected chi connectivity index (χ0v) is 15.9. The minimum atomic E-state index is -0.240. The smallest absolute Gasteiger partial charge is 0.260 e. The summed E-state index contributed by atoms with van der Waals surface area (Å²) in [6.45, 7) is 2.93. The van der Waals surface area contributed by atoms with Gasteiger partial charge < -0.3 is 14.4 Å². The van der Waals surface area contributed by atoms with Crippen molar-refractivity contribution in [3.63, 3.8) is 0 Å². The van der Waals surface area contributed by atoms with Gasteiger partial charge in [0.2, 0.25) is 0 Å². The first kappa shape index (κ1) is 19.6. The average molecular weight is 391 g/mol. The second kappa shape index (κ2) is 9.20. The summed E-state index contributed by atoms with van der Waals surface area (Å²) < 4.78 is 24.4. The SMILES string of the molecule is CC1CO[C@@H](CCc2ccc(F)cc2)CN1C(=O)COc1[c]cc(Cl)cc1.